The number of nitrogens with one attached hydrogen (secondary N) is 1. The molecule has 0 aromatic rings. The third-order valence-electron chi connectivity index (χ3n) is 2.05. The zero-order valence-corrected chi connectivity index (χ0v) is 10.2. The molecular weight excluding hydrogens is 176 g/mol. The SMILES string of the molecule is CCN(CC)C(=O)CNCC(C)(C)C. The van der Waals surface area contributed by atoms with E-state index in [0.717, 1.165) is 19.6 Å². The predicted molar refractivity (Wildman–Crippen MR) is 60.3 cm³/mol. The summed E-state index contributed by atoms with van der Waals surface area (Å²) in [6, 6.07) is 0. The fourth-order valence-corrected chi connectivity index (χ4v) is 1.23. The largest absolute Gasteiger partial charge is 0.342 e. The second kappa shape index (κ2) is 6.02. The Morgan fingerprint density at radius 3 is 2.07 bits per heavy atom. The molecule has 84 valence electrons. The van der Waals surface area contributed by atoms with Gasteiger partial charge in [-0.25, -0.2) is 0 Å². The van der Waals surface area contributed by atoms with Crippen molar-refractivity contribution < 1.29 is 4.79 Å². The summed E-state index contributed by atoms with van der Waals surface area (Å²) in [5.41, 5.74) is 0.240. The average Bonchev–Trinajstić information content (AvgIpc) is 2.04. The zero-order valence-electron chi connectivity index (χ0n) is 10.2. The van der Waals surface area contributed by atoms with Gasteiger partial charge in [-0.3, -0.25) is 4.79 Å². The van der Waals surface area contributed by atoms with Crippen molar-refractivity contribution in [2.75, 3.05) is 26.2 Å². The molecule has 0 unspecified atom stereocenters. The summed E-state index contributed by atoms with van der Waals surface area (Å²) < 4.78 is 0. The maximum atomic E-state index is 11.6. The van der Waals surface area contributed by atoms with Gasteiger partial charge in [0.05, 0.1) is 6.54 Å². The number of carbonyl (C=O) groups excluding carboxylic acids is 1. The van der Waals surface area contributed by atoms with Crippen LogP contribution in [0.25, 0.3) is 0 Å². The van der Waals surface area contributed by atoms with Gasteiger partial charge in [0.1, 0.15) is 0 Å². The van der Waals surface area contributed by atoms with Crippen molar-refractivity contribution in [2.45, 2.75) is 34.6 Å². The highest BCUT2D eigenvalue weighted by molar-refractivity contribution is 5.78. The van der Waals surface area contributed by atoms with E-state index in [-0.39, 0.29) is 11.3 Å². The Morgan fingerprint density at radius 1 is 1.21 bits per heavy atom. The molecule has 0 saturated carbocycles. The molecule has 0 rings (SSSR count). The van der Waals surface area contributed by atoms with E-state index in [1.807, 2.05) is 18.7 Å². The second-order valence-electron chi connectivity index (χ2n) is 4.73. The Kier molecular flexibility index (Phi) is 5.77. The molecule has 0 aromatic carbocycles. The van der Waals surface area contributed by atoms with Gasteiger partial charge in [-0.15, -0.1) is 0 Å². The van der Waals surface area contributed by atoms with E-state index >= 15 is 0 Å². The van der Waals surface area contributed by atoms with Crippen LogP contribution >= 0.6 is 0 Å². The number of hydrogen-bond donors (Lipinski definition) is 1. The van der Waals surface area contributed by atoms with E-state index in [9.17, 15) is 4.79 Å². The van der Waals surface area contributed by atoms with E-state index in [1.165, 1.54) is 0 Å². The summed E-state index contributed by atoms with van der Waals surface area (Å²) in [4.78, 5) is 13.4. The van der Waals surface area contributed by atoms with Crippen LogP contribution in [0, 0.1) is 5.41 Å². The summed E-state index contributed by atoms with van der Waals surface area (Å²) in [6.45, 7) is 13.4. The molecule has 0 spiro atoms. The van der Waals surface area contributed by atoms with Gasteiger partial charge in [0.15, 0.2) is 0 Å². The van der Waals surface area contributed by atoms with Gasteiger partial charge >= 0.3 is 0 Å². The Hall–Kier alpha value is -0.570. The lowest BCUT2D eigenvalue weighted by molar-refractivity contribution is -0.129. The maximum absolute atomic E-state index is 11.6. The van der Waals surface area contributed by atoms with E-state index in [0.29, 0.717) is 6.54 Å². The van der Waals surface area contributed by atoms with Crippen molar-refractivity contribution in [3.8, 4) is 0 Å². The molecular formula is C11H24N2O. The molecule has 1 N–H and O–H groups in total. The van der Waals surface area contributed by atoms with Crippen LogP contribution in [0.4, 0.5) is 0 Å². The van der Waals surface area contributed by atoms with Crippen LogP contribution in [0.2, 0.25) is 0 Å². The molecule has 0 aliphatic carbocycles. The van der Waals surface area contributed by atoms with Gasteiger partial charge in [-0.05, 0) is 19.3 Å². The Bertz CT molecular complexity index is 169. The van der Waals surface area contributed by atoms with Gasteiger partial charge in [-0.1, -0.05) is 20.8 Å². The summed E-state index contributed by atoms with van der Waals surface area (Å²) in [7, 11) is 0. The van der Waals surface area contributed by atoms with Gasteiger partial charge in [0.25, 0.3) is 0 Å². The molecule has 0 aliphatic heterocycles. The molecule has 0 bridgehead atoms. The minimum absolute atomic E-state index is 0.194. The van der Waals surface area contributed by atoms with Crippen molar-refractivity contribution in [1.82, 2.24) is 10.2 Å². The Balaban J connectivity index is 3.74. The smallest absolute Gasteiger partial charge is 0.236 e. The van der Waals surface area contributed by atoms with Gasteiger partial charge < -0.3 is 10.2 Å². The van der Waals surface area contributed by atoms with Crippen molar-refractivity contribution in [1.29, 1.82) is 0 Å². The van der Waals surface area contributed by atoms with Crippen molar-refractivity contribution in [3.63, 3.8) is 0 Å². The molecule has 1 amide bonds. The lowest BCUT2D eigenvalue weighted by atomic mass is 9.97. The van der Waals surface area contributed by atoms with E-state index in [1.54, 1.807) is 0 Å². The third kappa shape index (κ3) is 5.97. The molecule has 0 heterocycles. The van der Waals surface area contributed by atoms with Gasteiger partial charge in [0, 0.05) is 19.6 Å². The highest BCUT2D eigenvalue weighted by Crippen LogP contribution is 2.09. The Labute approximate surface area is 87.9 Å². The number of amides is 1. The van der Waals surface area contributed by atoms with E-state index in [2.05, 4.69) is 26.1 Å². The highest BCUT2D eigenvalue weighted by atomic mass is 16.2. The number of rotatable bonds is 5. The first-order valence-corrected chi connectivity index (χ1v) is 5.39. The first-order chi connectivity index (χ1) is 6.40. The predicted octanol–water partition coefficient (Wildman–Crippen LogP) is 1.49. The fourth-order valence-electron chi connectivity index (χ4n) is 1.23. The number of nitrogens with zero attached hydrogens (tertiary/aromatic N) is 1. The molecule has 14 heavy (non-hydrogen) atoms. The monoisotopic (exact) mass is 200 g/mol. The fraction of sp³-hybridized carbons (Fsp3) is 0.909. The molecule has 0 fully saturated rings. The Morgan fingerprint density at radius 2 is 1.71 bits per heavy atom. The van der Waals surface area contributed by atoms with Crippen molar-refractivity contribution in [3.05, 3.63) is 0 Å². The molecule has 0 atom stereocenters. The van der Waals surface area contributed by atoms with Crippen molar-refractivity contribution >= 4 is 5.91 Å². The lowest BCUT2D eigenvalue weighted by Crippen LogP contribution is -2.40. The first kappa shape index (κ1) is 13.4. The highest BCUT2D eigenvalue weighted by Gasteiger charge is 2.12. The number of hydrogen-bond acceptors (Lipinski definition) is 2. The van der Waals surface area contributed by atoms with Gasteiger partial charge in [0.2, 0.25) is 5.91 Å². The van der Waals surface area contributed by atoms with Crippen LogP contribution < -0.4 is 5.32 Å². The van der Waals surface area contributed by atoms with Crippen LogP contribution in [0.5, 0.6) is 0 Å². The topological polar surface area (TPSA) is 32.3 Å². The minimum Gasteiger partial charge on any atom is -0.342 e. The van der Waals surface area contributed by atoms with E-state index < -0.39 is 0 Å². The van der Waals surface area contributed by atoms with Crippen molar-refractivity contribution in [2.24, 2.45) is 5.41 Å². The van der Waals surface area contributed by atoms with Crippen LogP contribution in [-0.2, 0) is 4.79 Å². The molecule has 0 radical (unpaired) electrons. The number of carbonyl (C=O) groups is 1. The third-order valence-corrected chi connectivity index (χ3v) is 2.05. The lowest BCUT2D eigenvalue weighted by Gasteiger charge is -2.22. The van der Waals surface area contributed by atoms with Crippen LogP contribution in [0.3, 0.4) is 0 Å². The minimum atomic E-state index is 0.194. The van der Waals surface area contributed by atoms with E-state index in [4.69, 9.17) is 0 Å². The molecule has 3 nitrogen and oxygen atoms in total. The summed E-state index contributed by atoms with van der Waals surface area (Å²) in [5, 5.41) is 3.18. The zero-order chi connectivity index (χ0) is 11.2. The quantitative estimate of drug-likeness (QED) is 0.729. The molecule has 0 aliphatic rings. The maximum Gasteiger partial charge on any atom is 0.236 e. The standard InChI is InChI=1S/C11H24N2O/c1-6-13(7-2)10(14)8-12-9-11(3,4)5/h12H,6-9H2,1-5H3. The summed E-state index contributed by atoms with van der Waals surface area (Å²) in [5.74, 6) is 0.194. The molecule has 0 saturated heterocycles. The summed E-state index contributed by atoms with van der Waals surface area (Å²) >= 11 is 0. The summed E-state index contributed by atoms with van der Waals surface area (Å²) in [6.07, 6.45) is 0. The molecule has 3 heteroatoms. The van der Waals surface area contributed by atoms with Crippen LogP contribution in [-0.4, -0.2) is 37.0 Å². The molecule has 0 aromatic heterocycles. The van der Waals surface area contributed by atoms with Gasteiger partial charge in [-0.2, -0.15) is 0 Å². The first-order valence-electron chi connectivity index (χ1n) is 5.39. The average molecular weight is 200 g/mol. The van der Waals surface area contributed by atoms with Crippen LogP contribution in [0.15, 0.2) is 0 Å². The normalized spacial score (nSPS) is 11.5. The van der Waals surface area contributed by atoms with Crippen LogP contribution in [0.1, 0.15) is 34.6 Å². The second-order valence-corrected chi connectivity index (χ2v) is 4.73. The number of likely N-dealkylation sites (N-methyl/N-ethyl adjacent to an activating group) is 1.